The molecular weight excluding hydrogens is 528 g/mol. The number of nitrogens with zero attached hydrogens (tertiary/aromatic N) is 2. The summed E-state index contributed by atoms with van der Waals surface area (Å²) in [6.45, 7) is 2.72. The zero-order chi connectivity index (χ0) is 26.9. The largest absolute Gasteiger partial charge is 0.389 e. The Morgan fingerprint density at radius 3 is 2.55 bits per heavy atom. The minimum atomic E-state index is -1.23. The van der Waals surface area contributed by atoms with Crippen LogP contribution in [0, 0.1) is 5.82 Å². The van der Waals surface area contributed by atoms with Gasteiger partial charge in [-0.25, -0.2) is 4.39 Å². The van der Waals surface area contributed by atoms with E-state index >= 15 is 0 Å². The van der Waals surface area contributed by atoms with Gasteiger partial charge >= 0.3 is 0 Å². The van der Waals surface area contributed by atoms with E-state index in [0.717, 1.165) is 48.0 Å². The third-order valence-electron chi connectivity index (χ3n) is 8.06. The molecule has 0 bridgehead atoms. The number of piperidine rings is 2. The molecule has 2 aliphatic heterocycles. The lowest BCUT2D eigenvalue weighted by Gasteiger charge is -2.43. The van der Waals surface area contributed by atoms with Crippen LogP contribution in [0.25, 0.3) is 17.0 Å². The lowest BCUT2D eigenvalue weighted by atomic mass is 9.84. The standard InChI is InChI=1S/C29H32Cl2FN3O3/c30-24-4-1-19(15-25(24)31)2-6-28(37)35-13-9-29(38,10-14-35)27(36)18-34-11-7-20(8-12-34)23-17-33-26-5-3-21(32)16-22(23)26/h1-6,15-17,20,27,33,36,38H,7-14,18H2. The summed E-state index contributed by atoms with van der Waals surface area (Å²) < 4.78 is 13.8. The van der Waals surface area contributed by atoms with Crippen molar-refractivity contribution in [1.82, 2.24) is 14.8 Å². The van der Waals surface area contributed by atoms with Gasteiger partial charge in [0.2, 0.25) is 5.91 Å². The molecule has 6 nitrogen and oxygen atoms in total. The van der Waals surface area contributed by atoms with Crippen LogP contribution in [0.2, 0.25) is 10.0 Å². The first-order valence-electron chi connectivity index (χ1n) is 13.0. The predicted octanol–water partition coefficient (Wildman–Crippen LogP) is 5.22. The molecule has 9 heteroatoms. The summed E-state index contributed by atoms with van der Waals surface area (Å²) in [5, 5.41) is 24.0. The lowest BCUT2D eigenvalue weighted by Crippen LogP contribution is -2.56. The van der Waals surface area contributed by atoms with E-state index in [2.05, 4.69) is 9.88 Å². The Bertz CT molecular complexity index is 1330. The molecule has 0 radical (unpaired) electrons. The molecule has 38 heavy (non-hydrogen) atoms. The van der Waals surface area contributed by atoms with Crippen molar-refractivity contribution < 1.29 is 19.4 Å². The number of aliphatic hydroxyl groups excluding tert-OH is 1. The summed E-state index contributed by atoms with van der Waals surface area (Å²) in [5.74, 6) is -0.0533. The summed E-state index contributed by atoms with van der Waals surface area (Å²) in [6, 6.07) is 9.99. The molecule has 1 atom stereocenters. The fourth-order valence-electron chi connectivity index (χ4n) is 5.63. The number of benzene rings is 2. The Labute approximate surface area is 231 Å². The number of amides is 1. The number of hydrogen-bond acceptors (Lipinski definition) is 4. The van der Waals surface area contributed by atoms with E-state index in [1.54, 1.807) is 41.3 Å². The molecule has 2 fully saturated rings. The number of carbonyl (C=O) groups is 1. The van der Waals surface area contributed by atoms with Gasteiger partial charge in [-0.3, -0.25) is 4.79 Å². The average molecular weight is 560 g/mol. The molecule has 2 saturated heterocycles. The van der Waals surface area contributed by atoms with Crippen molar-refractivity contribution in [3.8, 4) is 0 Å². The zero-order valence-corrected chi connectivity index (χ0v) is 22.6. The minimum Gasteiger partial charge on any atom is -0.389 e. The van der Waals surface area contributed by atoms with Crippen molar-refractivity contribution >= 4 is 46.1 Å². The maximum absolute atomic E-state index is 13.8. The Balaban J connectivity index is 1.10. The second-order valence-corrected chi connectivity index (χ2v) is 11.3. The number of nitrogens with one attached hydrogen (secondary N) is 1. The molecule has 3 heterocycles. The molecule has 1 unspecified atom stereocenters. The first kappa shape index (κ1) is 27.2. The number of aromatic nitrogens is 1. The van der Waals surface area contributed by atoms with Crippen LogP contribution < -0.4 is 0 Å². The van der Waals surface area contributed by atoms with E-state index in [-0.39, 0.29) is 11.7 Å². The van der Waals surface area contributed by atoms with Crippen molar-refractivity contribution in [2.75, 3.05) is 32.7 Å². The van der Waals surface area contributed by atoms with Crippen LogP contribution in [0.3, 0.4) is 0 Å². The number of fused-ring (bicyclic) bond motifs is 1. The van der Waals surface area contributed by atoms with Crippen LogP contribution in [0.15, 0.2) is 48.7 Å². The summed E-state index contributed by atoms with van der Waals surface area (Å²) in [6.07, 6.45) is 6.71. The van der Waals surface area contributed by atoms with Gasteiger partial charge in [-0.05, 0) is 92.2 Å². The summed E-state index contributed by atoms with van der Waals surface area (Å²) in [4.78, 5) is 19.8. The highest BCUT2D eigenvalue weighted by molar-refractivity contribution is 6.42. The van der Waals surface area contributed by atoms with Crippen LogP contribution in [0.4, 0.5) is 4.39 Å². The molecule has 0 spiro atoms. The molecule has 3 aromatic rings. The fraction of sp³-hybridized carbons (Fsp3) is 0.414. The van der Waals surface area contributed by atoms with E-state index < -0.39 is 11.7 Å². The van der Waals surface area contributed by atoms with Crippen LogP contribution in [0.1, 0.15) is 42.7 Å². The van der Waals surface area contributed by atoms with Crippen molar-refractivity contribution in [1.29, 1.82) is 0 Å². The van der Waals surface area contributed by atoms with Crippen molar-refractivity contribution in [3.63, 3.8) is 0 Å². The number of likely N-dealkylation sites (tertiary alicyclic amines) is 2. The molecule has 2 aromatic carbocycles. The molecule has 202 valence electrons. The third-order valence-corrected chi connectivity index (χ3v) is 8.80. The minimum absolute atomic E-state index is 0.146. The smallest absolute Gasteiger partial charge is 0.246 e. The van der Waals surface area contributed by atoms with Crippen molar-refractivity contribution in [3.05, 3.63) is 75.7 Å². The van der Waals surface area contributed by atoms with Gasteiger partial charge in [0, 0.05) is 42.8 Å². The number of β-amino-alcohol motifs (C(OH)–C–C–N with tert-alkyl or cyclic N) is 1. The summed E-state index contributed by atoms with van der Waals surface area (Å²) in [5.41, 5.74) is 1.63. The van der Waals surface area contributed by atoms with Gasteiger partial charge < -0.3 is 25.0 Å². The Kier molecular flexibility index (Phi) is 8.12. The molecule has 1 amide bonds. The highest BCUT2D eigenvalue weighted by Crippen LogP contribution is 2.34. The van der Waals surface area contributed by atoms with Crippen LogP contribution in [-0.4, -0.2) is 75.3 Å². The second kappa shape index (κ2) is 11.4. The van der Waals surface area contributed by atoms with Gasteiger partial charge in [-0.1, -0.05) is 29.3 Å². The first-order chi connectivity index (χ1) is 18.2. The van der Waals surface area contributed by atoms with E-state index in [1.807, 2.05) is 6.20 Å². The molecule has 5 rings (SSSR count). The highest BCUT2D eigenvalue weighted by Gasteiger charge is 2.40. The average Bonchev–Trinajstić information content (AvgIpc) is 3.33. The Hall–Kier alpha value is -2.42. The fourth-order valence-corrected chi connectivity index (χ4v) is 5.94. The number of aromatic amines is 1. The first-order valence-corrected chi connectivity index (χ1v) is 13.8. The number of carbonyl (C=O) groups excluding carboxylic acids is 1. The molecular formula is C29H32Cl2FN3O3. The summed E-state index contributed by atoms with van der Waals surface area (Å²) in [7, 11) is 0. The zero-order valence-electron chi connectivity index (χ0n) is 21.0. The second-order valence-electron chi connectivity index (χ2n) is 10.5. The van der Waals surface area contributed by atoms with Gasteiger partial charge in [-0.15, -0.1) is 0 Å². The predicted molar refractivity (Wildman–Crippen MR) is 149 cm³/mol. The number of halogens is 3. The van der Waals surface area contributed by atoms with Crippen LogP contribution in [-0.2, 0) is 4.79 Å². The Morgan fingerprint density at radius 2 is 1.84 bits per heavy atom. The molecule has 3 N–H and O–H groups in total. The van der Waals surface area contributed by atoms with E-state index in [9.17, 15) is 19.4 Å². The topological polar surface area (TPSA) is 79.8 Å². The molecule has 0 aliphatic carbocycles. The number of rotatable bonds is 6. The SMILES string of the molecule is O=C(C=Cc1ccc(Cl)c(Cl)c1)N1CCC(O)(C(O)CN2CCC(c3c[nH]c4ccc(F)cc34)CC2)CC1. The summed E-state index contributed by atoms with van der Waals surface area (Å²) >= 11 is 12.0. The van der Waals surface area contributed by atoms with E-state index in [0.29, 0.717) is 48.4 Å². The third kappa shape index (κ3) is 5.92. The molecule has 0 saturated carbocycles. The van der Waals surface area contributed by atoms with Gasteiger partial charge in [0.1, 0.15) is 5.82 Å². The maximum atomic E-state index is 13.8. The molecule has 1 aromatic heterocycles. The van der Waals surface area contributed by atoms with Gasteiger partial charge in [0.05, 0.1) is 21.8 Å². The van der Waals surface area contributed by atoms with Crippen LogP contribution in [0.5, 0.6) is 0 Å². The lowest BCUT2D eigenvalue weighted by molar-refractivity contribution is -0.140. The van der Waals surface area contributed by atoms with Crippen molar-refractivity contribution in [2.24, 2.45) is 0 Å². The monoisotopic (exact) mass is 559 g/mol. The van der Waals surface area contributed by atoms with Crippen LogP contribution >= 0.6 is 23.2 Å². The Morgan fingerprint density at radius 1 is 1.11 bits per heavy atom. The number of hydrogen-bond donors (Lipinski definition) is 3. The number of H-pyrrole nitrogens is 1. The van der Waals surface area contributed by atoms with Gasteiger partial charge in [-0.2, -0.15) is 0 Å². The van der Waals surface area contributed by atoms with E-state index in [1.165, 1.54) is 12.1 Å². The normalized spacial score (nSPS) is 19.9. The quantitative estimate of drug-likeness (QED) is 0.362. The van der Waals surface area contributed by atoms with Gasteiger partial charge in [0.15, 0.2) is 0 Å². The van der Waals surface area contributed by atoms with Crippen molar-refractivity contribution in [2.45, 2.75) is 43.3 Å². The van der Waals surface area contributed by atoms with Gasteiger partial charge in [0.25, 0.3) is 0 Å². The maximum Gasteiger partial charge on any atom is 0.246 e. The highest BCUT2D eigenvalue weighted by atomic mass is 35.5. The number of aliphatic hydroxyl groups is 2. The van der Waals surface area contributed by atoms with E-state index in [4.69, 9.17) is 23.2 Å². The molecule has 2 aliphatic rings.